The molecule has 3 rings (SSSR count). The van der Waals surface area contributed by atoms with Gasteiger partial charge in [0.2, 0.25) is 0 Å². The predicted octanol–water partition coefficient (Wildman–Crippen LogP) is 2.82. The number of likely N-dealkylation sites (N-methyl/N-ethyl adjacent to an activating group) is 1. The molecule has 19 heavy (non-hydrogen) atoms. The van der Waals surface area contributed by atoms with Crippen LogP contribution in [-0.2, 0) is 0 Å². The summed E-state index contributed by atoms with van der Waals surface area (Å²) in [7, 11) is 2.03. The molecule has 1 aromatic carbocycles. The minimum atomic E-state index is 0.0632. The monoisotopic (exact) mass is 272 g/mol. The van der Waals surface area contributed by atoms with Crippen LogP contribution in [0.2, 0.25) is 0 Å². The quantitative estimate of drug-likeness (QED) is 0.867. The maximum atomic E-state index is 9.63. The average Bonchev–Trinajstić information content (AvgIpc) is 2.79. The van der Waals surface area contributed by atoms with Crippen LogP contribution in [0, 0.1) is 11.3 Å². The van der Waals surface area contributed by atoms with Gasteiger partial charge in [0.15, 0.2) is 5.06 Å². The summed E-state index contributed by atoms with van der Waals surface area (Å²) in [6.07, 6.45) is 0. The van der Waals surface area contributed by atoms with E-state index in [9.17, 15) is 5.11 Å². The molecule has 0 saturated carbocycles. The van der Waals surface area contributed by atoms with Gasteiger partial charge in [-0.2, -0.15) is 5.26 Å². The summed E-state index contributed by atoms with van der Waals surface area (Å²) in [5.74, 6) is 0.820. The van der Waals surface area contributed by atoms with Gasteiger partial charge in [-0.1, -0.05) is 6.07 Å². The van der Waals surface area contributed by atoms with Crippen molar-refractivity contribution in [2.24, 2.45) is 0 Å². The van der Waals surface area contributed by atoms with Gasteiger partial charge in [0.25, 0.3) is 0 Å². The molecule has 1 aliphatic rings. The molecule has 2 aromatic rings. The lowest BCUT2D eigenvalue weighted by Gasteiger charge is -2.27. The van der Waals surface area contributed by atoms with Crippen molar-refractivity contribution < 1.29 is 9.84 Å². The van der Waals surface area contributed by atoms with Gasteiger partial charge >= 0.3 is 0 Å². The van der Waals surface area contributed by atoms with E-state index in [-0.39, 0.29) is 5.06 Å². The highest BCUT2D eigenvalue weighted by atomic mass is 32.1. The Bertz CT molecular complexity index is 673. The number of ether oxygens (including phenoxy) is 1. The fourth-order valence-electron chi connectivity index (χ4n) is 2.19. The Morgan fingerprint density at radius 2 is 2.32 bits per heavy atom. The Morgan fingerprint density at radius 1 is 1.47 bits per heavy atom. The summed E-state index contributed by atoms with van der Waals surface area (Å²) in [4.78, 5) is 2.14. The van der Waals surface area contributed by atoms with Crippen molar-refractivity contribution >= 4 is 17.0 Å². The maximum absolute atomic E-state index is 9.63. The van der Waals surface area contributed by atoms with Crippen LogP contribution in [0.4, 0.5) is 5.69 Å². The molecule has 0 atom stereocenters. The first-order valence-electron chi connectivity index (χ1n) is 5.89. The van der Waals surface area contributed by atoms with Crippen LogP contribution in [0.5, 0.6) is 10.8 Å². The van der Waals surface area contributed by atoms with E-state index in [0.717, 1.165) is 29.1 Å². The summed E-state index contributed by atoms with van der Waals surface area (Å²) in [5, 5.41) is 20.6. The molecule has 4 nitrogen and oxygen atoms in total. The minimum absolute atomic E-state index is 0.0632. The second kappa shape index (κ2) is 4.48. The van der Waals surface area contributed by atoms with Crippen molar-refractivity contribution in [2.75, 3.05) is 25.1 Å². The lowest BCUT2D eigenvalue weighted by Crippen LogP contribution is -2.28. The third-order valence-corrected chi connectivity index (χ3v) is 4.03. The Hall–Kier alpha value is -2.19. The highest BCUT2D eigenvalue weighted by Crippen LogP contribution is 2.40. The Labute approximate surface area is 115 Å². The van der Waals surface area contributed by atoms with Crippen LogP contribution in [0.25, 0.3) is 11.1 Å². The van der Waals surface area contributed by atoms with Gasteiger partial charge in [0.1, 0.15) is 24.0 Å². The molecule has 5 heteroatoms. The second-order valence-corrected chi connectivity index (χ2v) is 5.25. The van der Waals surface area contributed by atoms with Crippen LogP contribution in [-0.4, -0.2) is 25.3 Å². The molecule has 2 heterocycles. The van der Waals surface area contributed by atoms with Gasteiger partial charge in [-0.05, 0) is 17.7 Å². The van der Waals surface area contributed by atoms with Crippen LogP contribution >= 0.6 is 11.3 Å². The number of benzene rings is 1. The molecular formula is C14H12N2O2S. The van der Waals surface area contributed by atoms with E-state index in [1.807, 2.05) is 31.3 Å². The van der Waals surface area contributed by atoms with E-state index in [4.69, 9.17) is 10.00 Å². The van der Waals surface area contributed by atoms with E-state index in [0.29, 0.717) is 12.2 Å². The molecule has 1 aliphatic heterocycles. The summed E-state index contributed by atoms with van der Waals surface area (Å²) in [6, 6.07) is 7.90. The molecule has 0 bridgehead atoms. The van der Waals surface area contributed by atoms with Gasteiger partial charge < -0.3 is 14.7 Å². The summed E-state index contributed by atoms with van der Waals surface area (Å²) in [5.41, 5.74) is 3.02. The Kier molecular flexibility index (Phi) is 2.80. The van der Waals surface area contributed by atoms with E-state index in [1.54, 1.807) is 5.38 Å². The zero-order valence-corrected chi connectivity index (χ0v) is 11.2. The van der Waals surface area contributed by atoms with Gasteiger partial charge in [-0.15, -0.1) is 11.3 Å². The van der Waals surface area contributed by atoms with Gasteiger partial charge in [0.05, 0.1) is 12.2 Å². The molecule has 0 aliphatic carbocycles. The molecule has 1 N–H and O–H groups in total. The number of rotatable bonds is 1. The lowest BCUT2D eigenvalue weighted by molar-refractivity contribution is 0.311. The first kappa shape index (κ1) is 11.9. The van der Waals surface area contributed by atoms with E-state index in [2.05, 4.69) is 4.90 Å². The molecule has 0 saturated heterocycles. The normalized spacial score (nSPS) is 13.6. The number of thiophene rings is 1. The Morgan fingerprint density at radius 3 is 3.11 bits per heavy atom. The van der Waals surface area contributed by atoms with Crippen molar-refractivity contribution in [3.05, 3.63) is 29.1 Å². The molecular weight excluding hydrogens is 260 g/mol. The lowest BCUT2D eigenvalue weighted by atomic mass is 10.0. The number of hydrogen-bond acceptors (Lipinski definition) is 5. The fourth-order valence-corrected chi connectivity index (χ4v) is 2.95. The van der Waals surface area contributed by atoms with Crippen LogP contribution in [0.1, 0.15) is 5.56 Å². The van der Waals surface area contributed by atoms with Crippen molar-refractivity contribution in [3.8, 4) is 28.0 Å². The van der Waals surface area contributed by atoms with Crippen molar-refractivity contribution in [3.63, 3.8) is 0 Å². The van der Waals surface area contributed by atoms with Gasteiger partial charge in [-0.25, -0.2) is 0 Å². The van der Waals surface area contributed by atoms with Crippen molar-refractivity contribution in [2.45, 2.75) is 0 Å². The smallest absolute Gasteiger partial charge is 0.190 e. The minimum Gasteiger partial charge on any atom is -0.499 e. The predicted molar refractivity (Wildman–Crippen MR) is 74.9 cm³/mol. The number of hydrogen-bond donors (Lipinski definition) is 1. The zero-order chi connectivity index (χ0) is 13.4. The third-order valence-electron chi connectivity index (χ3n) is 3.25. The SMILES string of the molecule is CN1CCOc2cc(-c3csc(O)c3C#N)ccc21. The summed E-state index contributed by atoms with van der Waals surface area (Å²) >= 11 is 1.17. The van der Waals surface area contributed by atoms with Crippen LogP contribution < -0.4 is 9.64 Å². The third kappa shape index (κ3) is 1.90. The number of anilines is 1. The molecule has 0 spiro atoms. The first-order chi connectivity index (χ1) is 9.20. The standard InChI is InChI=1S/C14H12N2O2S/c1-16-4-5-18-13-6-9(2-3-12(13)16)11-8-19-14(17)10(11)7-15/h2-3,6,8,17H,4-5H2,1H3. The number of nitrogens with zero attached hydrogens (tertiary/aromatic N) is 2. The van der Waals surface area contributed by atoms with Crippen molar-refractivity contribution in [1.82, 2.24) is 0 Å². The molecule has 1 aromatic heterocycles. The largest absolute Gasteiger partial charge is 0.499 e. The van der Waals surface area contributed by atoms with E-state index in [1.165, 1.54) is 11.3 Å². The number of nitriles is 1. The van der Waals surface area contributed by atoms with Crippen LogP contribution in [0.15, 0.2) is 23.6 Å². The zero-order valence-electron chi connectivity index (χ0n) is 10.4. The molecule has 96 valence electrons. The van der Waals surface area contributed by atoms with Crippen LogP contribution in [0.3, 0.4) is 0 Å². The molecule has 0 amide bonds. The molecule has 0 fully saturated rings. The number of aromatic hydroxyl groups is 1. The Balaban J connectivity index is 2.10. The van der Waals surface area contributed by atoms with Gasteiger partial charge in [-0.3, -0.25) is 0 Å². The average molecular weight is 272 g/mol. The van der Waals surface area contributed by atoms with Crippen molar-refractivity contribution in [1.29, 1.82) is 5.26 Å². The van der Waals surface area contributed by atoms with E-state index >= 15 is 0 Å². The topological polar surface area (TPSA) is 56.5 Å². The molecule has 0 unspecified atom stereocenters. The second-order valence-electron chi connectivity index (χ2n) is 4.39. The molecule has 0 radical (unpaired) electrons. The van der Waals surface area contributed by atoms with E-state index < -0.39 is 0 Å². The number of fused-ring (bicyclic) bond motifs is 1. The highest BCUT2D eigenvalue weighted by molar-refractivity contribution is 7.12. The fraction of sp³-hybridized carbons (Fsp3) is 0.214. The summed E-state index contributed by atoms with van der Waals surface area (Å²) < 4.78 is 5.65. The highest BCUT2D eigenvalue weighted by Gasteiger charge is 2.18. The summed E-state index contributed by atoms with van der Waals surface area (Å²) in [6.45, 7) is 1.53. The first-order valence-corrected chi connectivity index (χ1v) is 6.77. The van der Waals surface area contributed by atoms with Gasteiger partial charge in [0, 0.05) is 18.0 Å². The maximum Gasteiger partial charge on any atom is 0.190 e.